The molecule has 0 aromatic rings. The van der Waals surface area contributed by atoms with Gasteiger partial charge in [0.2, 0.25) is 0 Å². The molecule has 0 saturated heterocycles. The van der Waals surface area contributed by atoms with E-state index in [0.717, 1.165) is 89.9 Å². The molecule has 58 heavy (non-hydrogen) atoms. The highest BCUT2D eigenvalue weighted by Gasteiger charge is 2.17. The molecule has 0 rings (SSSR count). The van der Waals surface area contributed by atoms with E-state index in [-0.39, 0.29) is 25.2 Å². The fourth-order valence-corrected chi connectivity index (χ4v) is 6.34. The van der Waals surface area contributed by atoms with Gasteiger partial charge in [-0.15, -0.1) is 0 Å². The molecule has 0 saturated carbocycles. The monoisotopic (exact) mass is 807 g/mol. The van der Waals surface area contributed by atoms with Crippen LogP contribution in [0.5, 0.6) is 0 Å². The lowest BCUT2D eigenvalue weighted by Crippen LogP contribution is -2.30. The molecule has 0 aliphatic carbocycles. The number of hydrogen-bond acceptors (Lipinski definition) is 5. The molecule has 1 atom stereocenters. The molecule has 0 fully saturated rings. The van der Waals surface area contributed by atoms with Crippen molar-refractivity contribution in [3.63, 3.8) is 0 Å². The average Bonchev–Trinajstić information content (AvgIpc) is 3.22. The van der Waals surface area contributed by atoms with Crippen molar-refractivity contribution in [2.75, 3.05) is 19.8 Å². The maximum atomic E-state index is 12.6. The molecule has 1 unspecified atom stereocenters. The minimum Gasteiger partial charge on any atom is -0.462 e. The number of carbonyl (C=O) groups excluding carboxylic acids is 2. The van der Waals surface area contributed by atoms with Crippen LogP contribution in [0.15, 0.2) is 85.1 Å². The van der Waals surface area contributed by atoms with Crippen molar-refractivity contribution in [3.8, 4) is 0 Å². The van der Waals surface area contributed by atoms with Crippen LogP contribution in [0.25, 0.3) is 0 Å². The molecule has 0 spiro atoms. The Kier molecular flexibility index (Phi) is 46.0. The zero-order valence-electron chi connectivity index (χ0n) is 38.0. The quantitative estimate of drug-likeness (QED) is 0.0349. The fourth-order valence-electron chi connectivity index (χ4n) is 6.34. The van der Waals surface area contributed by atoms with Crippen LogP contribution in [-0.4, -0.2) is 37.9 Å². The van der Waals surface area contributed by atoms with E-state index in [1.807, 2.05) is 0 Å². The lowest BCUT2D eigenvalue weighted by atomic mass is 10.1. The summed E-state index contributed by atoms with van der Waals surface area (Å²) in [5, 5.41) is 0. The summed E-state index contributed by atoms with van der Waals surface area (Å²) >= 11 is 0. The van der Waals surface area contributed by atoms with E-state index in [0.29, 0.717) is 19.4 Å². The van der Waals surface area contributed by atoms with E-state index in [9.17, 15) is 9.59 Å². The zero-order valence-corrected chi connectivity index (χ0v) is 38.0. The number of allylic oxidation sites excluding steroid dienone is 14. The molecule has 0 heterocycles. The van der Waals surface area contributed by atoms with Crippen molar-refractivity contribution in [2.45, 2.75) is 219 Å². The van der Waals surface area contributed by atoms with Gasteiger partial charge < -0.3 is 14.2 Å². The minimum atomic E-state index is -0.566. The van der Waals surface area contributed by atoms with Gasteiger partial charge in [-0.1, -0.05) is 196 Å². The lowest BCUT2D eigenvalue weighted by Gasteiger charge is -2.18. The molecule has 0 N–H and O–H groups in total. The molecule has 0 radical (unpaired) electrons. The Morgan fingerprint density at radius 2 is 0.776 bits per heavy atom. The second kappa shape index (κ2) is 48.4. The van der Waals surface area contributed by atoms with Crippen LogP contribution in [0.2, 0.25) is 0 Å². The summed E-state index contributed by atoms with van der Waals surface area (Å²) in [5.74, 6) is -0.450. The van der Waals surface area contributed by atoms with Crippen LogP contribution in [0.3, 0.4) is 0 Å². The highest BCUT2D eigenvalue weighted by atomic mass is 16.6. The normalized spacial score (nSPS) is 12.9. The number of ether oxygens (including phenoxy) is 3. The van der Waals surface area contributed by atoms with Crippen LogP contribution in [0, 0.1) is 0 Å². The third-order valence-electron chi connectivity index (χ3n) is 9.92. The maximum absolute atomic E-state index is 12.6. The van der Waals surface area contributed by atoms with E-state index < -0.39 is 6.10 Å². The molecule has 0 aliphatic rings. The first kappa shape index (κ1) is 55.1. The van der Waals surface area contributed by atoms with E-state index >= 15 is 0 Å². The molecule has 0 bridgehead atoms. The molecule has 0 aromatic heterocycles. The number of carbonyl (C=O) groups is 2. The number of rotatable bonds is 43. The van der Waals surface area contributed by atoms with Crippen molar-refractivity contribution in [1.82, 2.24) is 0 Å². The summed E-state index contributed by atoms with van der Waals surface area (Å²) in [4.78, 5) is 25.1. The predicted octanol–water partition coefficient (Wildman–Crippen LogP) is 16.1. The van der Waals surface area contributed by atoms with E-state index in [4.69, 9.17) is 14.2 Å². The Balaban J connectivity index is 4.16. The van der Waals surface area contributed by atoms with Crippen molar-refractivity contribution in [1.29, 1.82) is 0 Å². The summed E-state index contributed by atoms with van der Waals surface area (Å²) in [6, 6.07) is 0. The molecular formula is C53H90O5. The third kappa shape index (κ3) is 45.8. The molecule has 5 heteroatoms. The second-order valence-corrected chi connectivity index (χ2v) is 15.6. The van der Waals surface area contributed by atoms with Crippen LogP contribution < -0.4 is 0 Å². The van der Waals surface area contributed by atoms with Crippen LogP contribution in [0.4, 0.5) is 0 Å². The summed E-state index contributed by atoms with van der Waals surface area (Å²) in [6.45, 7) is 7.48. The summed E-state index contributed by atoms with van der Waals surface area (Å²) in [5.41, 5.74) is 0. The number of esters is 2. The highest BCUT2D eigenvalue weighted by Crippen LogP contribution is 2.13. The van der Waals surface area contributed by atoms with E-state index in [1.54, 1.807) is 0 Å². The molecule has 5 nitrogen and oxygen atoms in total. The Morgan fingerprint density at radius 1 is 0.397 bits per heavy atom. The summed E-state index contributed by atoms with van der Waals surface area (Å²) < 4.78 is 17.2. The molecule has 332 valence electrons. The Labute approximate surface area is 359 Å². The summed E-state index contributed by atoms with van der Waals surface area (Å²) in [7, 11) is 0. The molecular weight excluding hydrogens is 717 g/mol. The van der Waals surface area contributed by atoms with Gasteiger partial charge in [-0.25, -0.2) is 0 Å². The van der Waals surface area contributed by atoms with Gasteiger partial charge in [0, 0.05) is 19.4 Å². The fraction of sp³-hybridized carbons (Fsp3) is 0.698. The third-order valence-corrected chi connectivity index (χ3v) is 9.92. The Bertz CT molecular complexity index is 1090. The maximum Gasteiger partial charge on any atom is 0.306 e. The van der Waals surface area contributed by atoms with Gasteiger partial charge in [0.25, 0.3) is 0 Å². The van der Waals surface area contributed by atoms with Gasteiger partial charge in [0.1, 0.15) is 6.61 Å². The lowest BCUT2D eigenvalue weighted by molar-refractivity contribution is -0.163. The van der Waals surface area contributed by atoms with Gasteiger partial charge in [0.15, 0.2) is 6.10 Å². The van der Waals surface area contributed by atoms with Gasteiger partial charge in [0.05, 0.1) is 6.61 Å². The second-order valence-electron chi connectivity index (χ2n) is 15.6. The van der Waals surface area contributed by atoms with Crippen LogP contribution in [-0.2, 0) is 23.8 Å². The van der Waals surface area contributed by atoms with E-state index in [1.165, 1.54) is 89.9 Å². The van der Waals surface area contributed by atoms with E-state index in [2.05, 4.69) is 106 Å². The average molecular weight is 807 g/mol. The van der Waals surface area contributed by atoms with Crippen LogP contribution in [0.1, 0.15) is 213 Å². The first-order valence-electron chi connectivity index (χ1n) is 24.1. The smallest absolute Gasteiger partial charge is 0.306 e. The first-order valence-corrected chi connectivity index (χ1v) is 24.1. The molecule has 0 aliphatic heterocycles. The standard InChI is InChI=1S/C53H90O5/c1-4-7-10-13-15-17-19-21-23-25-26-27-29-31-33-35-37-39-42-45-48-56-49-51(58-53(55)47-44-40-12-9-6-3)50-57-52(54)46-43-41-38-36-34-32-30-28-24-22-20-18-16-14-11-8-5-2/h7,10,15,17,21-24,26-27,31,33,37,39,51H,4-6,8-9,11-14,16,18-20,25,28-30,32,34-36,38,40-50H2,1-3H3/b10-7-,17-15-,23-21-,24-22-,27-26-,33-31-,39-37-. The van der Waals surface area contributed by atoms with Crippen LogP contribution >= 0.6 is 0 Å². The number of hydrogen-bond donors (Lipinski definition) is 0. The SMILES string of the molecule is CC/C=C\C/C=C\C/C=C\C/C=C\C/C=C\C/C=C\CCCOCC(COC(=O)CCCCCCCCC/C=C\CCCCCCCC)OC(=O)CCCCCCC. The van der Waals surface area contributed by atoms with Crippen molar-refractivity contribution in [3.05, 3.63) is 85.1 Å². The zero-order chi connectivity index (χ0) is 42.1. The first-order chi connectivity index (χ1) is 28.6. The molecule has 0 aromatic carbocycles. The van der Waals surface area contributed by atoms with Crippen molar-refractivity contribution >= 4 is 11.9 Å². The topological polar surface area (TPSA) is 61.8 Å². The van der Waals surface area contributed by atoms with Gasteiger partial charge >= 0.3 is 11.9 Å². The van der Waals surface area contributed by atoms with Gasteiger partial charge in [-0.2, -0.15) is 0 Å². The van der Waals surface area contributed by atoms with Gasteiger partial charge in [-0.3, -0.25) is 9.59 Å². The van der Waals surface area contributed by atoms with Crippen molar-refractivity contribution < 1.29 is 23.8 Å². The largest absolute Gasteiger partial charge is 0.462 e. The highest BCUT2D eigenvalue weighted by molar-refractivity contribution is 5.70. The van der Waals surface area contributed by atoms with Crippen molar-refractivity contribution in [2.24, 2.45) is 0 Å². The Hall–Kier alpha value is -2.92. The predicted molar refractivity (Wildman–Crippen MR) is 251 cm³/mol. The molecule has 0 amide bonds. The number of unbranched alkanes of at least 4 members (excludes halogenated alkanes) is 18. The summed E-state index contributed by atoms with van der Waals surface area (Å²) in [6.07, 6.45) is 63.4. The minimum absolute atomic E-state index is 0.0565. The Morgan fingerprint density at radius 3 is 1.26 bits per heavy atom. The van der Waals surface area contributed by atoms with Gasteiger partial charge in [-0.05, 0) is 89.9 Å².